The zero-order valence-corrected chi connectivity index (χ0v) is 10.1. The Labute approximate surface area is 91.5 Å². The molecule has 0 radical (unpaired) electrons. The van der Waals surface area contributed by atoms with Crippen molar-refractivity contribution in [2.45, 2.75) is 46.1 Å². The summed E-state index contributed by atoms with van der Waals surface area (Å²) < 4.78 is 0. The highest BCUT2D eigenvalue weighted by Gasteiger charge is 1.97. The normalized spacial score (nSPS) is 10.7. The minimum atomic E-state index is 1.05. The molecule has 0 bridgehead atoms. The molecule has 0 saturated heterocycles. The molecule has 80 valence electrons. The summed E-state index contributed by atoms with van der Waals surface area (Å²) >= 11 is 1.93. The van der Waals surface area contributed by atoms with E-state index in [1.165, 1.54) is 35.4 Å². The second kappa shape index (κ2) is 7.02. The zero-order valence-electron chi connectivity index (χ0n) is 9.31. The predicted molar refractivity (Wildman–Crippen MR) is 64.9 cm³/mol. The van der Waals surface area contributed by atoms with Crippen LogP contribution in [0.5, 0.6) is 0 Å². The summed E-state index contributed by atoms with van der Waals surface area (Å²) in [4.78, 5) is 2.97. The van der Waals surface area contributed by atoms with E-state index >= 15 is 0 Å². The standard InChI is InChI=1S/C12H21NS/c1-3-5-6-9-13-10-12-8-7-11(4-2)14-12/h7-8,13H,3-6,9-10H2,1-2H3. The van der Waals surface area contributed by atoms with Gasteiger partial charge in [0.05, 0.1) is 0 Å². The summed E-state index contributed by atoms with van der Waals surface area (Å²) in [5.41, 5.74) is 0. The van der Waals surface area contributed by atoms with Crippen molar-refractivity contribution in [2.75, 3.05) is 6.54 Å². The Morgan fingerprint density at radius 3 is 2.57 bits per heavy atom. The first-order chi connectivity index (χ1) is 6.86. The van der Waals surface area contributed by atoms with Gasteiger partial charge in [-0.15, -0.1) is 11.3 Å². The summed E-state index contributed by atoms with van der Waals surface area (Å²) in [6.45, 7) is 6.67. The van der Waals surface area contributed by atoms with Gasteiger partial charge in [-0.1, -0.05) is 26.7 Å². The molecule has 1 aromatic heterocycles. The Hall–Kier alpha value is -0.340. The Morgan fingerprint density at radius 2 is 1.93 bits per heavy atom. The molecule has 0 aromatic carbocycles. The van der Waals surface area contributed by atoms with E-state index in [1.54, 1.807) is 0 Å². The minimum Gasteiger partial charge on any atom is -0.312 e. The van der Waals surface area contributed by atoms with Crippen LogP contribution in [-0.2, 0) is 13.0 Å². The van der Waals surface area contributed by atoms with Crippen LogP contribution in [0.4, 0.5) is 0 Å². The Balaban J connectivity index is 2.12. The van der Waals surface area contributed by atoms with E-state index in [2.05, 4.69) is 31.3 Å². The van der Waals surface area contributed by atoms with Crippen LogP contribution in [0.15, 0.2) is 12.1 Å². The topological polar surface area (TPSA) is 12.0 Å². The van der Waals surface area contributed by atoms with Crippen LogP contribution in [0, 0.1) is 0 Å². The molecule has 0 fully saturated rings. The lowest BCUT2D eigenvalue weighted by Gasteiger charge is -2.01. The average molecular weight is 211 g/mol. The first-order valence-electron chi connectivity index (χ1n) is 5.65. The molecule has 0 spiro atoms. The van der Waals surface area contributed by atoms with Crippen LogP contribution in [0.25, 0.3) is 0 Å². The highest BCUT2D eigenvalue weighted by molar-refractivity contribution is 7.11. The zero-order chi connectivity index (χ0) is 10.2. The number of rotatable bonds is 7. The Morgan fingerprint density at radius 1 is 1.14 bits per heavy atom. The predicted octanol–water partition coefficient (Wildman–Crippen LogP) is 3.59. The lowest BCUT2D eigenvalue weighted by atomic mass is 10.2. The summed E-state index contributed by atoms with van der Waals surface area (Å²) in [7, 11) is 0. The molecular weight excluding hydrogens is 190 g/mol. The first-order valence-corrected chi connectivity index (χ1v) is 6.46. The highest BCUT2D eigenvalue weighted by atomic mass is 32.1. The van der Waals surface area contributed by atoms with Gasteiger partial charge in [-0.05, 0) is 31.5 Å². The number of thiophene rings is 1. The van der Waals surface area contributed by atoms with Crippen molar-refractivity contribution < 1.29 is 0 Å². The van der Waals surface area contributed by atoms with Crippen molar-refractivity contribution >= 4 is 11.3 Å². The maximum absolute atomic E-state index is 3.48. The fourth-order valence-corrected chi connectivity index (χ4v) is 2.35. The molecule has 0 aliphatic rings. The lowest BCUT2D eigenvalue weighted by Crippen LogP contribution is -2.13. The molecule has 1 rings (SSSR count). The SMILES string of the molecule is CCCCCNCc1ccc(CC)s1. The van der Waals surface area contributed by atoms with Crippen LogP contribution >= 0.6 is 11.3 Å². The molecule has 2 heteroatoms. The van der Waals surface area contributed by atoms with Gasteiger partial charge < -0.3 is 5.32 Å². The maximum atomic E-state index is 3.48. The average Bonchev–Trinajstić information content (AvgIpc) is 2.65. The van der Waals surface area contributed by atoms with Crippen molar-refractivity contribution in [1.82, 2.24) is 5.32 Å². The van der Waals surface area contributed by atoms with Crippen molar-refractivity contribution in [1.29, 1.82) is 0 Å². The van der Waals surface area contributed by atoms with Crippen LogP contribution in [0.2, 0.25) is 0 Å². The van der Waals surface area contributed by atoms with Crippen LogP contribution in [-0.4, -0.2) is 6.54 Å². The molecule has 1 heterocycles. The quantitative estimate of drug-likeness (QED) is 0.680. The van der Waals surface area contributed by atoms with Gasteiger partial charge in [0.1, 0.15) is 0 Å². The smallest absolute Gasteiger partial charge is 0.0299 e. The van der Waals surface area contributed by atoms with E-state index in [0.29, 0.717) is 0 Å². The van der Waals surface area contributed by atoms with Crippen LogP contribution < -0.4 is 5.32 Å². The molecule has 0 saturated carbocycles. The van der Waals surface area contributed by atoms with Gasteiger partial charge in [-0.2, -0.15) is 0 Å². The molecule has 0 atom stereocenters. The second-order valence-corrected chi connectivity index (χ2v) is 4.86. The summed E-state index contributed by atoms with van der Waals surface area (Å²) in [6.07, 6.45) is 5.13. The van der Waals surface area contributed by atoms with Crippen LogP contribution in [0.1, 0.15) is 42.9 Å². The van der Waals surface area contributed by atoms with E-state index in [4.69, 9.17) is 0 Å². The molecular formula is C12H21NS. The van der Waals surface area contributed by atoms with E-state index < -0.39 is 0 Å². The number of unbranched alkanes of at least 4 members (excludes halogenated alkanes) is 2. The maximum Gasteiger partial charge on any atom is 0.0299 e. The fourth-order valence-electron chi connectivity index (χ4n) is 1.42. The summed E-state index contributed by atoms with van der Waals surface area (Å²) in [5.74, 6) is 0. The van der Waals surface area contributed by atoms with E-state index in [1.807, 2.05) is 11.3 Å². The summed E-state index contributed by atoms with van der Waals surface area (Å²) in [6, 6.07) is 4.49. The summed E-state index contributed by atoms with van der Waals surface area (Å²) in [5, 5.41) is 3.48. The van der Waals surface area contributed by atoms with Gasteiger partial charge >= 0.3 is 0 Å². The van der Waals surface area contributed by atoms with Gasteiger partial charge in [0.25, 0.3) is 0 Å². The van der Waals surface area contributed by atoms with Crippen molar-refractivity contribution in [3.05, 3.63) is 21.9 Å². The Bertz CT molecular complexity index is 242. The lowest BCUT2D eigenvalue weighted by molar-refractivity contribution is 0.620. The highest BCUT2D eigenvalue weighted by Crippen LogP contribution is 2.16. The number of aryl methyl sites for hydroxylation is 1. The number of hydrogen-bond donors (Lipinski definition) is 1. The molecule has 1 aromatic rings. The van der Waals surface area contributed by atoms with Gasteiger partial charge in [0, 0.05) is 16.3 Å². The van der Waals surface area contributed by atoms with E-state index in [0.717, 1.165) is 13.1 Å². The monoisotopic (exact) mass is 211 g/mol. The molecule has 0 aliphatic heterocycles. The number of hydrogen-bond acceptors (Lipinski definition) is 2. The molecule has 1 N–H and O–H groups in total. The largest absolute Gasteiger partial charge is 0.312 e. The van der Waals surface area contributed by atoms with Crippen molar-refractivity contribution in [3.8, 4) is 0 Å². The minimum absolute atomic E-state index is 1.05. The van der Waals surface area contributed by atoms with Gasteiger partial charge in [-0.3, -0.25) is 0 Å². The van der Waals surface area contributed by atoms with Gasteiger partial charge in [-0.25, -0.2) is 0 Å². The third-order valence-corrected chi connectivity index (χ3v) is 3.55. The second-order valence-electron chi connectivity index (χ2n) is 3.61. The molecule has 0 aliphatic carbocycles. The van der Waals surface area contributed by atoms with Crippen molar-refractivity contribution in [2.24, 2.45) is 0 Å². The van der Waals surface area contributed by atoms with Gasteiger partial charge in [0.15, 0.2) is 0 Å². The third kappa shape index (κ3) is 4.25. The first kappa shape index (κ1) is 11.7. The molecule has 0 unspecified atom stereocenters. The number of nitrogens with one attached hydrogen (secondary N) is 1. The third-order valence-electron chi connectivity index (χ3n) is 2.32. The fraction of sp³-hybridized carbons (Fsp3) is 0.667. The van der Waals surface area contributed by atoms with Gasteiger partial charge in [0.2, 0.25) is 0 Å². The van der Waals surface area contributed by atoms with Crippen LogP contribution in [0.3, 0.4) is 0 Å². The van der Waals surface area contributed by atoms with E-state index in [-0.39, 0.29) is 0 Å². The molecule has 1 nitrogen and oxygen atoms in total. The van der Waals surface area contributed by atoms with E-state index in [9.17, 15) is 0 Å². The molecule has 0 amide bonds. The Kier molecular flexibility index (Phi) is 5.88. The van der Waals surface area contributed by atoms with Crippen molar-refractivity contribution in [3.63, 3.8) is 0 Å². The molecule has 14 heavy (non-hydrogen) atoms.